The number of hydrogen-bond acceptors (Lipinski definition) is 5. The number of esters is 1. The summed E-state index contributed by atoms with van der Waals surface area (Å²) in [5, 5.41) is 6.19. The molecule has 0 aliphatic carbocycles. The Labute approximate surface area is 180 Å². The Hall–Kier alpha value is -3.93. The second-order valence-electron chi connectivity index (χ2n) is 7.15. The lowest BCUT2D eigenvalue weighted by atomic mass is 9.97. The summed E-state index contributed by atoms with van der Waals surface area (Å²) in [6.07, 6.45) is 0.489. The Bertz CT molecular complexity index is 1120. The molecular weight excluding hydrogens is 392 g/mol. The van der Waals surface area contributed by atoms with E-state index in [2.05, 4.69) is 5.10 Å². The minimum absolute atomic E-state index is 0.193. The molecule has 0 aromatic heterocycles. The van der Waals surface area contributed by atoms with E-state index in [1.165, 1.54) is 11.9 Å². The summed E-state index contributed by atoms with van der Waals surface area (Å²) in [5.74, 6) is 0.566. The zero-order chi connectivity index (χ0) is 21.8. The molecule has 0 unspecified atom stereocenters. The summed E-state index contributed by atoms with van der Waals surface area (Å²) in [4.78, 5) is 24.8. The lowest BCUT2D eigenvalue weighted by Gasteiger charge is -2.22. The maximum atomic E-state index is 13.3. The second-order valence-corrected chi connectivity index (χ2v) is 7.15. The number of hydrogen-bond donors (Lipinski definition) is 0. The maximum absolute atomic E-state index is 13.3. The van der Waals surface area contributed by atoms with Gasteiger partial charge in [0, 0.05) is 24.5 Å². The molecule has 0 bridgehead atoms. The number of nitrogens with zero attached hydrogens (tertiary/aromatic N) is 2. The molecule has 0 spiro atoms. The van der Waals surface area contributed by atoms with E-state index in [9.17, 15) is 9.59 Å². The van der Waals surface area contributed by atoms with Crippen molar-refractivity contribution in [2.24, 2.45) is 5.10 Å². The molecule has 1 aliphatic heterocycles. The van der Waals surface area contributed by atoms with Crippen LogP contribution in [0, 0.1) is 0 Å². The van der Waals surface area contributed by atoms with E-state index in [0.717, 1.165) is 11.3 Å². The lowest BCUT2D eigenvalue weighted by Crippen LogP contribution is -2.27. The summed E-state index contributed by atoms with van der Waals surface area (Å²) in [6.45, 7) is 1.36. The van der Waals surface area contributed by atoms with Gasteiger partial charge >= 0.3 is 5.97 Å². The Balaban J connectivity index is 1.74. The molecule has 1 heterocycles. The van der Waals surface area contributed by atoms with Crippen LogP contribution in [0.1, 0.15) is 40.9 Å². The molecule has 6 heteroatoms. The first-order chi connectivity index (χ1) is 15.1. The monoisotopic (exact) mass is 414 g/mol. The number of hydrazone groups is 1. The number of amides is 1. The fourth-order valence-electron chi connectivity index (χ4n) is 3.61. The molecule has 0 N–H and O–H groups in total. The van der Waals surface area contributed by atoms with E-state index >= 15 is 0 Å². The topological polar surface area (TPSA) is 68.2 Å². The number of ether oxygens (including phenoxy) is 2. The Morgan fingerprint density at radius 2 is 1.61 bits per heavy atom. The largest absolute Gasteiger partial charge is 0.497 e. The van der Waals surface area contributed by atoms with Crippen LogP contribution in [-0.4, -0.2) is 29.7 Å². The van der Waals surface area contributed by atoms with Gasteiger partial charge in [-0.3, -0.25) is 9.59 Å². The van der Waals surface area contributed by atoms with Gasteiger partial charge < -0.3 is 9.47 Å². The van der Waals surface area contributed by atoms with Crippen LogP contribution in [0.25, 0.3) is 0 Å². The fourth-order valence-corrected chi connectivity index (χ4v) is 3.61. The highest BCUT2D eigenvalue weighted by atomic mass is 16.5. The number of rotatable bonds is 5. The Morgan fingerprint density at radius 3 is 2.29 bits per heavy atom. The van der Waals surface area contributed by atoms with Crippen LogP contribution < -0.4 is 9.47 Å². The molecule has 0 radical (unpaired) electrons. The third kappa shape index (κ3) is 4.33. The summed E-state index contributed by atoms with van der Waals surface area (Å²) >= 11 is 0. The van der Waals surface area contributed by atoms with Gasteiger partial charge in [-0.05, 0) is 42.0 Å². The molecule has 0 fully saturated rings. The highest BCUT2D eigenvalue weighted by Gasteiger charge is 2.34. The first kappa shape index (κ1) is 20.3. The van der Waals surface area contributed by atoms with Gasteiger partial charge in [0.1, 0.15) is 11.5 Å². The highest BCUT2D eigenvalue weighted by molar-refractivity contribution is 6.07. The molecule has 156 valence electrons. The SMILES string of the molecule is COc1ccc([C@@H]2CC(c3ccccc3OC(C)=O)=NN2C(=O)c2ccccc2)cc1. The van der Waals surface area contributed by atoms with Gasteiger partial charge in [0.2, 0.25) is 0 Å². The number of benzene rings is 3. The van der Waals surface area contributed by atoms with Crippen molar-refractivity contribution in [2.75, 3.05) is 7.11 Å². The first-order valence-electron chi connectivity index (χ1n) is 9.94. The van der Waals surface area contributed by atoms with Crippen LogP contribution in [0.15, 0.2) is 84.0 Å². The van der Waals surface area contributed by atoms with Crippen molar-refractivity contribution in [2.45, 2.75) is 19.4 Å². The predicted molar refractivity (Wildman–Crippen MR) is 117 cm³/mol. The van der Waals surface area contributed by atoms with Crippen LogP contribution in [0.3, 0.4) is 0 Å². The minimum atomic E-state index is -0.407. The first-order valence-corrected chi connectivity index (χ1v) is 9.94. The summed E-state index contributed by atoms with van der Waals surface area (Å²) in [6, 6.07) is 23.6. The van der Waals surface area contributed by atoms with Gasteiger partial charge in [-0.25, -0.2) is 5.01 Å². The van der Waals surface area contributed by atoms with E-state index in [-0.39, 0.29) is 11.9 Å². The van der Waals surface area contributed by atoms with Gasteiger partial charge in [0.05, 0.1) is 18.9 Å². The number of carbonyl (C=O) groups excluding carboxylic acids is 2. The quantitative estimate of drug-likeness (QED) is 0.452. The van der Waals surface area contributed by atoms with Crippen molar-refractivity contribution in [1.29, 1.82) is 0 Å². The molecule has 6 nitrogen and oxygen atoms in total. The third-order valence-corrected chi connectivity index (χ3v) is 5.09. The predicted octanol–water partition coefficient (Wildman–Crippen LogP) is 4.61. The van der Waals surface area contributed by atoms with Crippen LogP contribution in [-0.2, 0) is 4.79 Å². The average Bonchev–Trinajstić information content (AvgIpc) is 3.24. The molecule has 1 atom stereocenters. The lowest BCUT2D eigenvalue weighted by molar-refractivity contribution is -0.131. The molecular formula is C25H22N2O4. The summed E-state index contributed by atoms with van der Waals surface area (Å²) < 4.78 is 10.6. The zero-order valence-corrected chi connectivity index (χ0v) is 17.3. The molecule has 1 aliphatic rings. The molecule has 1 amide bonds. The van der Waals surface area contributed by atoms with Crippen molar-refractivity contribution in [3.8, 4) is 11.5 Å². The van der Waals surface area contributed by atoms with E-state index in [0.29, 0.717) is 29.0 Å². The third-order valence-electron chi connectivity index (χ3n) is 5.09. The van der Waals surface area contributed by atoms with E-state index in [4.69, 9.17) is 9.47 Å². The van der Waals surface area contributed by atoms with Gasteiger partial charge in [-0.15, -0.1) is 0 Å². The van der Waals surface area contributed by atoms with Crippen molar-refractivity contribution < 1.29 is 19.1 Å². The summed E-state index contributed by atoms with van der Waals surface area (Å²) in [5.41, 5.74) is 2.87. The highest BCUT2D eigenvalue weighted by Crippen LogP contribution is 2.36. The molecule has 4 rings (SSSR count). The van der Waals surface area contributed by atoms with E-state index < -0.39 is 5.97 Å². The Kier molecular flexibility index (Phi) is 5.80. The van der Waals surface area contributed by atoms with Crippen LogP contribution in [0.5, 0.6) is 11.5 Å². The zero-order valence-electron chi connectivity index (χ0n) is 17.3. The van der Waals surface area contributed by atoms with Crippen molar-refractivity contribution in [3.05, 3.63) is 95.6 Å². The van der Waals surface area contributed by atoms with Crippen LogP contribution >= 0.6 is 0 Å². The molecule has 3 aromatic carbocycles. The fraction of sp³-hybridized carbons (Fsp3) is 0.160. The van der Waals surface area contributed by atoms with Crippen LogP contribution in [0.4, 0.5) is 0 Å². The molecule has 0 saturated heterocycles. The normalized spacial score (nSPS) is 15.4. The van der Waals surface area contributed by atoms with Crippen molar-refractivity contribution in [1.82, 2.24) is 5.01 Å². The van der Waals surface area contributed by atoms with Crippen LogP contribution in [0.2, 0.25) is 0 Å². The number of methoxy groups -OCH3 is 1. The molecule has 31 heavy (non-hydrogen) atoms. The average molecular weight is 414 g/mol. The maximum Gasteiger partial charge on any atom is 0.308 e. The minimum Gasteiger partial charge on any atom is -0.497 e. The van der Waals surface area contributed by atoms with Gasteiger partial charge in [-0.1, -0.05) is 42.5 Å². The van der Waals surface area contributed by atoms with Gasteiger partial charge in [0.25, 0.3) is 5.91 Å². The smallest absolute Gasteiger partial charge is 0.308 e. The number of carbonyl (C=O) groups is 2. The van der Waals surface area contributed by atoms with Gasteiger partial charge in [0.15, 0.2) is 0 Å². The second kappa shape index (κ2) is 8.83. The molecule has 0 saturated carbocycles. The summed E-state index contributed by atoms with van der Waals surface area (Å²) in [7, 11) is 1.61. The molecule has 3 aromatic rings. The van der Waals surface area contributed by atoms with Crippen molar-refractivity contribution >= 4 is 17.6 Å². The van der Waals surface area contributed by atoms with Gasteiger partial charge in [-0.2, -0.15) is 5.10 Å². The van der Waals surface area contributed by atoms with E-state index in [1.54, 1.807) is 31.4 Å². The Morgan fingerprint density at radius 1 is 0.935 bits per heavy atom. The standard InChI is InChI=1S/C25H22N2O4/c1-17(28)31-24-11-7-6-10-21(24)22-16-23(18-12-14-20(30-2)15-13-18)27(26-22)25(29)19-8-4-3-5-9-19/h3-15,23H,16H2,1-2H3/t23-/m0/s1. The number of para-hydroxylation sites is 1. The van der Waals surface area contributed by atoms with E-state index in [1.807, 2.05) is 54.6 Å². The van der Waals surface area contributed by atoms with Crippen molar-refractivity contribution in [3.63, 3.8) is 0 Å².